The number of carbonyl (C=O) groups excluding carboxylic acids is 1. The van der Waals surface area contributed by atoms with E-state index < -0.39 is 0 Å². The summed E-state index contributed by atoms with van der Waals surface area (Å²) in [7, 11) is 0. The maximum atomic E-state index is 11.9. The van der Waals surface area contributed by atoms with Crippen molar-refractivity contribution in [2.24, 2.45) is 0 Å². The second-order valence-corrected chi connectivity index (χ2v) is 4.63. The number of aromatic nitrogens is 2. The number of anilines is 2. The van der Waals surface area contributed by atoms with Crippen molar-refractivity contribution in [1.29, 1.82) is 0 Å². The van der Waals surface area contributed by atoms with Gasteiger partial charge in [0.1, 0.15) is 5.69 Å². The van der Waals surface area contributed by atoms with Crippen LogP contribution in [0.25, 0.3) is 10.8 Å². The average Bonchev–Trinajstić information content (AvgIpc) is 2.90. The molecule has 2 N–H and O–H groups in total. The number of rotatable bonds is 4. The summed E-state index contributed by atoms with van der Waals surface area (Å²) in [6.45, 7) is 1.85. The highest BCUT2D eigenvalue weighted by Crippen LogP contribution is 2.22. The molecular formula is C15H14N4O2. The van der Waals surface area contributed by atoms with E-state index in [2.05, 4.69) is 25.6 Å². The lowest BCUT2D eigenvalue weighted by atomic mass is 10.1. The quantitative estimate of drug-likeness (QED) is 0.768. The van der Waals surface area contributed by atoms with Crippen LogP contribution in [0.2, 0.25) is 0 Å². The summed E-state index contributed by atoms with van der Waals surface area (Å²) in [5.41, 5.74) is 1.46. The van der Waals surface area contributed by atoms with Crippen molar-refractivity contribution >= 4 is 28.2 Å². The highest BCUT2D eigenvalue weighted by Gasteiger charge is 2.09. The molecule has 0 fully saturated rings. The molecule has 0 atom stereocenters. The van der Waals surface area contributed by atoms with Crippen LogP contribution in [0.3, 0.4) is 0 Å². The monoisotopic (exact) mass is 282 g/mol. The lowest BCUT2D eigenvalue weighted by molar-refractivity contribution is -0.114. The smallest absolute Gasteiger partial charge is 0.244 e. The first-order valence-electron chi connectivity index (χ1n) is 6.54. The highest BCUT2D eigenvalue weighted by molar-refractivity contribution is 5.97. The van der Waals surface area contributed by atoms with Gasteiger partial charge in [-0.2, -0.15) is 0 Å². The molecule has 1 aromatic heterocycles. The molecule has 106 valence electrons. The number of carbonyl (C=O) groups is 1. The molecular weight excluding hydrogens is 268 g/mol. The third-order valence-electron chi connectivity index (χ3n) is 3.14. The van der Waals surface area contributed by atoms with Crippen molar-refractivity contribution < 1.29 is 9.42 Å². The van der Waals surface area contributed by atoms with Crippen molar-refractivity contribution in [2.45, 2.75) is 6.92 Å². The van der Waals surface area contributed by atoms with E-state index in [0.29, 0.717) is 11.5 Å². The zero-order valence-electron chi connectivity index (χ0n) is 11.5. The summed E-state index contributed by atoms with van der Waals surface area (Å²) in [5.74, 6) is 0.140. The van der Waals surface area contributed by atoms with E-state index in [4.69, 9.17) is 0 Å². The van der Waals surface area contributed by atoms with Crippen LogP contribution < -0.4 is 10.6 Å². The van der Waals surface area contributed by atoms with E-state index >= 15 is 0 Å². The van der Waals surface area contributed by atoms with E-state index in [1.807, 2.05) is 42.5 Å². The summed E-state index contributed by atoms with van der Waals surface area (Å²) in [6.07, 6.45) is 0. The van der Waals surface area contributed by atoms with Gasteiger partial charge in [-0.1, -0.05) is 41.6 Å². The number of fused-ring (bicyclic) bond motifs is 1. The van der Waals surface area contributed by atoms with Crippen LogP contribution in [-0.4, -0.2) is 22.8 Å². The van der Waals surface area contributed by atoms with Crippen LogP contribution in [0, 0.1) is 6.92 Å². The molecule has 0 bridgehead atoms. The topological polar surface area (TPSA) is 80.1 Å². The van der Waals surface area contributed by atoms with Gasteiger partial charge in [0.25, 0.3) is 0 Å². The second kappa shape index (κ2) is 5.62. The number of aryl methyl sites for hydroxylation is 1. The molecule has 3 aromatic rings. The fraction of sp³-hybridized carbons (Fsp3) is 0.133. The molecule has 0 unspecified atom stereocenters. The Hall–Kier alpha value is -2.89. The number of hydrogen-bond donors (Lipinski definition) is 2. The van der Waals surface area contributed by atoms with Gasteiger partial charge in [-0.25, -0.2) is 4.63 Å². The largest absolute Gasteiger partial charge is 0.376 e. The van der Waals surface area contributed by atoms with Gasteiger partial charge in [-0.15, -0.1) is 0 Å². The Balaban J connectivity index is 1.69. The number of benzene rings is 2. The molecule has 6 heteroatoms. The number of nitrogens with zero attached hydrogens (tertiary/aromatic N) is 2. The fourth-order valence-electron chi connectivity index (χ4n) is 2.08. The standard InChI is InChI=1S/C15H14N4O2/c1-10-15(19-21-18-10)17-14(20)9-16-13-8-4-6-11-5-2-3-7-12(11)13/h2-8,16H,9H2,1H3,(H,17,19,20). The molecule has 1 heterocycles. The van der Waals surface area contributed by atoms with Gasteiger partial charge < -0.3 is 10.6 Å². The first-order chi connectivity index (χ1) is 10.2. The Bertz CT molecular complexity index is 777. The molecule has 0 aliphatic heterocycles. The molecule has 0 spiro atoms. The lowest BCUT2D eigenvalue weighted by Crippen LogP contribution is -2.22. The molecule has 0 aliphatic rings. The molecule has 0 radical (unpaired) electrons. The van der Waals surface area contributed by atoms with Gasteiger partial charge in [0.05, 0.1) is 6.54 Å². The average molecular weight is 282 g/mol. The zero-order valence-corrected chi connectivity index (χ0v) is 11.5. The summed E-state index contributed by atoms with van der Waals surface area (Å²) in [6, 6.07) is 13.9. The Morgan fingerprint density at radius 1 is 1.14 bits per heavy atom. The maximum absolute atomic E-state index is 11.9. The van der Waals surface area contributed by atoms with Gasteiger partial charge in [0.15, 0.2) is 5.82 Å². The minimum Gasteiger partial charge on any atom is -0.376 e. The molecule has 6 nitrogen and oxygen atoms in total. The van der Waals surface area contributed by atoms with Gasteiger partial charge in [-0.3, -0.25) is 4.79 Å². The third kappa shape index (κ3) is 2.84. The lowest BCUT2D eigenvalue weighted by Gasteiger charge is -2.09. The van der Waals surface area contributed by atoms with E-state index in [1.54, 1.807) is 6.92 Å². The van der Waals surface area contributed by atoms with Crippen LogP contribution in [0.4, 0.5) is 11.5 Å². The Morgan fingerprint density at radius 3 is 2.76 bits per heavy atom. The van der Waals surface area contributed by atoms with Crippen molar-refractivity contribution in [2.75, 3.05) is 17.2 Å². The first-order valence-corrected chi connectivity index (χ1v) is 6.54. The summed E-state index contributed by atoms with van der Waals surface area (Å²) >= 11 is 0. The van der Waals surface area contributed by atoms with Gasteiger partial charge in [0.2, 0.25) is 5.91 Å². The van der Waals surface area contributed by atoms with E-state index in [9.17, 15) is 4.79 Å². The molecule has 2 aromatic carbocycles. The Kier molecular flexibility index (Phi) is 3.51. The van der Waals surface area contributed by atoms with Gasteiger partial charge in [-0.05, 0) is 23.5 Å². The van der Waals surface area contributed by atoms with Crippen molar-refractivity contribution in [3.8, 4) is 0 Å². The minimum absolute atomic E-state index is 0.139. The maximum Gasteiger partial charge on any atom is 0.244 e. The number of amides is 1. The van der Waals surface area contributed by atoms with Crippen LogP contribution in [0.1, 0.15) is 5.69 Å². The van der Waals surface area contributed by atoms with E-state index in [1.165, 1.54) is 0 Å². The zero-order chi connectivity index (χ0) is 14.7. The molecule has 3 rings (SSSR count). The Labute approximate surface area is 121 Å². The first kappa shape index (κ1) is 13.1. The van der Waals surface area contributed by atoms with Crippen LogP contribution in [-0.2, 0) is 4.79 Å². The van der Waals surface area contributed by atoms with Crippen molar-refractivity contribution in [3.05, 3.63) is 48.2 Å². The van der Waals surface area contributed by atoms with Crippen LogP contribution in [0.5, 0.6) is 0 Å². The fourth-order valence-corrected chi connectivity index (χ4v) is 2.08. The van der Waals surface area contributed by atoms with Crippen LogP contribution in [0.15, 0.2) is 47.1 Å². The van der Waals surface area contributed by atoms with Crippen LogP contribution >= 0.6 is 0 Å². The number of nitrogens with one attached hydrogen (secondary N) is 2. The normalized spacial score (nSPS) is 10.5. The van der Waals surface area contributed by atoms with Crippen molar-refractivity contribution in [3.63, 3.8) is 0 Å². The molecule has 0 aliphatic carbocycles. The summed E-state index contributed by atoms with van der Waals surface area (Å²) in [5, 5.41) is 15.2. The van der Waals surface area contributed by atoms with Gasteiger partial charge in [0, 0.05) is 11.1 Å². The van der Waals surface area contributed by atoms with E-state index in [0.717, 1.165) is 16.5 Å². The predicted octanol–water partition coefficient (Wildman–Crippen LogP) is 2.58. The molecule has 0 saturated carbocycles. The second-order valence-electron chi connectivity index (χ2n) is 4.63. The SMILES string of the molecule is Cc1nonc1NC(=O)CNc1cccc2ccccc12. The Morgan fingerprint density at radius 2 is 1.95 bits per heavy atom. The highest BCUT2D eigenvalue weighted by atomic mass is 16.6. The third-order valence-corrected chi connectivity index (χ3v) is 3.14. The minimum atomic E-state index is -0.207. The number of hydrogen-bond acceptors (Lipinski definition) is 5. The summed E-state index contributed by atoms with van der Waals surface area (Å²) < 4.78 is 4.53. The van der Waals surface area contributed by atoms with E-state index in [-0.39, 0.29) is 12.5 Å². The van der Waals surface area contributed by atoms with Gasteiger partial charge >= 0.3 is 0 Å². The molecule has 0 saturated heterocycles. The molecule has 21 heavy (non-hydrogen) atoms. The molecule has 1 amide bonds. The predicted molar refractivity (Wildman–Crippen MR) is 80.1 cm³/mol. The van der Waals surface area contributed by atoms with Crippen molar-refractivity contribution in [1.82, 2.24) is 10.3 Å². The summed E-state index contributed by atoms with van der Waals surface area (Å²) in [4.78, 5) is 11.9.